The lowest BCUT2D eigenvalue weighted by Gasteiger charge is -2.06. The predicted molar refractivity (Wildman–Crippen MR) is 68.8 cm³/mol. The van der Waals surface area contributed by atoms with E-state index < -0.39 is 10.0 Å². The fraction of sp³-hybridized carbons (Fsp3) is 0.333. The van der Waals surface area contributed by atoms with E-state index in [0.29, 0.717) is 12.4 Å². The number of hydrogen-bond donors (Lipinski definition) is 2. The monoisotopic (exact) mass is 272 g/mol. The summed E-state index contributed by atoms with van der Waals surface area (Å²) in [5, 5.41) is 5.84. The number of fused-ring (bicyclic) bond motifs is 1. The van der Waals surface area contributed by atoms with Crippen LogP contribution in [-0.4, -0.2) is 37.7 Å². The van der Waals surface area contributed by atoms with Gasteiger partial charge in [-0.05, 0) is 18.5 Å². The van der Waals surface area contributed by atoms with Crippen LogP contribution in [0.2, 0.25) is 0 Å². The molecular formula is C9H12N4O2S2. The molecule has 17 heavy (non-hydrogen) atoms. The summed E-state index contributed by atoms with van der Waals surface area (Å²) in [5.74, 6) is 0.682. The van der Waals surface area contributed by atoms with Crippen molar-refractivity contribution in [3.05, 3.63) is 17.8 Å². The van der Waals surface area contributed by atoms with Crippen LogP contribution in [0.3, 0.4) is 0 Å². The van der Waals surface area contributed by atoms with Crippen LogP contribution < -0.4 is 10.0 Å². The van der Waals surface area contributed by atoms with E-state index in [1.165, 1.54) is 24.7 Å². The molecule has 0 aromatic carbocycles. The van der Waals surface area contributed by atoms with Gasteiger partial charge in [0, 0.05) is 6.54 Å². The fourth-order valence-electron chi connectivity index (χ4n) is 1.34. The first-order valence-electron chi connectivity index (χ1n) is 4.96. The highest BCUT2D eigenvalue weighted by atomic mass is 32.2. The molecular weight excluding hydrogens is 260 g/mol. The largest absolute Gasteiger partial charge is 0.368 e. The fourth-order valence-corrected chi connectivity index (χ4v) is 2.64. The summed E-state index contributed by atoms with van der Waals surface area (Å²) >= 11 is 1.52. The molecule has 0 unspecified atom stereocenters. The Morgan fingerprint density at radius 3 is 3.00 bits per heavy atom. The van der Waals surface area contributed by atoms with E-state index in [9.17, 15) is 8.42 Å². The molecule has 8 heteroatoms. The Hall–Kier alpha value is -1.25. The van der Waals surface area contributed by atoms with Gasteiger partial charge in [-0.25, -0.2) is 23.1 Å². The zero-order valence-corrected chi connectivity index (χ0v) is 10.8. The van der Waals surface area contributed by atoms with Gasteiger partial charge in [0.15, 0.2) is 0 Å². The van der Waals surface area contributed by atoms with Crippen molar-refractivity contribution in [2.45, 2.75) is 0 Å². The van der Waals surface area contributed by atoms with E-state index in [-0.39, 0.29) is 5.75 Å². The smallest absolute Gasteiger partial charge is 0.213 e. The Balaban J connectivity index is 2.07. The minimum atomic E-state index is -3.18. The third-order valence-electron chi connectivity index (χ3n) is 2.24. The first-order valence-corrected chi connectivity index (χ1v) is 7.49. The van der Waals surface area contributed by atoms with E-state index in [1.807, 2.05) is 11.4 Å². The number of nitrogens with zero attached hydrogens (tertiary/aromatic N) is 2. The van der Waals surface area contributed by atoms with Gasteiger partial charge in [-0.2, -0.15) is 0 Å². The Bertz CT molecular complexity index is 608. The summed E-state index contributed by atoms with van der Waals surface area (Å²) in [6, 6.07) is 1.91. The molecule has 2 rings (SSSR count). The molecule has 0 aliphatic rings. The van der Waals surface area contributed by atoms with Crippen LogP contribution in [0.1, 0.15) is 0 Å². The molecule has 2 heterocycles. The van der Waals surface area contributed by atoms with Crippen molar-refractivity contribution in [3.63, 3.8) is 0 Å². The Labute approximate surface area is 103 Å². The quantitative estimate of drug-likeness (QED) is 0.835. The summed E-state index contributed by atoms with van der Waals surface area (Å²) in [6.45, 7) is 0.311. The van der Waals surface area contributed by atoms with Crippen molar-refractivity contribution < 1.29 is 8.42 Å². The standard InChI is InChI=1S/C9H12N4O2S2/c1-10-17(14,15)5-3-11-8-7-2-4-16-9(7)13-6-12-8/h2,4,6,10H,3,5H2,1H3,(H,11,12,13). The zero-order valence-electron chi connectivity index (χ0n) is 9.17. The molecule has 0 saturated heterocycles. The number of sulfonamides is 1. The second-order valence-electron chi connectivity index (χ2n) is 3.31. The van der Waals surface area contributed by atoms with Gasteiger partial charge in [0.1, 0.15) is 17.0 Å². The van der Waals surface area contributed by atoms with Crippen LogP contribution in [0.25, 0.3) is 10.2 Å². The van der Waals surface area contributed by atoms with Crippen LogP contribution in [0, 0.1) is 0 Å². The molecule has 2 N–H and O–H groups in total. The normalized spacial score (nSPS) is 11.8. The number of rotatable bonds is 5. The van der Waals surface area contributed by atoms with Crippen LogP contribution >= 0.6 is 11.3 Å². The maximum atomic E-state index is 11.2. The number of aromatic nitrogens is 2. The maximum Gasteiger partial charge on any atom is 0.213 e. The molecule has 0 saturated carbocycles. The van der Waals surface area contributed by atoms with Crippen molar-refractivity contribution in [2.75, 3.05) is 24.7 Å². The van der Waals surface area contributed by atoms with Crippen molar-refractivity contribution in [2.24, 2.45) is 0 Å². The molecule has 2 aromatic rings. The van der Waals surface area contributed by atoms with Crippen LogP contribution in [0.4, 0.5) is 5.82 Å². The average Bonchev–Trinajstić information content (AvgIpc) is 2.78. The Kier molecular flexibility index (Phi) is 3.55. The molecule has 0 aliphatic carbocycles. The molecule has 0 amide bonds. The van der Waals surface area contributed by atoms with E-state index in [2.05, 4.69) is 20.0 Å². The van der Waals surface area contributed by atoms with Crippen molar-refractivity contribution in [1.29, 1.82) is 0 Å². The zero-order chi connectivity index (χ0) is 12.3. The van der Waals surface area contributed by atoms with Gasteiger partial charge in [0.25, 0.3) is 0 Å². The van der Waals surface area contributed by atoms with Gasteiger partial charge >= 0.3 is 0 Å². The van der Waals surface area contributed by atoms with Crippen LogP contribution in [0.15, 0.2) is 17.8 Å². The topological polar surface area (TPSA) is 84.0 Å². The van der Waals surface area contributed by atoms with Crippen LogP contribution in [-0.2, 0) is 10.0 Å². The number of thiophene rings is 1. The summed E-state index contributed by atoms with van der Waals surface area (Å²) in [7, 11) is -1.78. The summed E-state index contributed by atoms with van der Waals surface area (Å²) in [4.78, 5) is 9.09. The molecule has 0 aliphatic heterocycles. The van der Waals surface area contributed by atoms with Crippen molar-refractivity contribution in [1.82, 2.24) is 14.7 Å². The number of anilines is 1. The van der Waals surface area contributed by atoms with E-state index >= 15 is 0 Å². The minimum absolute atomic E-state index is 0.0130. The third kappa shape index (κ3) is 2.90. The van der Waals surface area contributed by atoms with Gasteiger partial charge in [-0.3, -0.25) is 0 Å². The lowest BCUT2D eigenvalue weighted by atomic mass is 10.4. The molecule has 0 spiro atoms. The lowest BCUT2D eigenvalue weighted by Crippen LogP contribution is -2.26. The molecule has 2 aromatic heterocycles. The molecule has 0 fully saturated rings. The van der Waals surface area contributed by atoms with E-state index in [1.54, 1.807) is 0 Å². The van der Waals surface area contributed by atoms with Gasteiger partial charge < -0.3 is 5.32 Å². The van der Waals surface area contributed by atoms with Crippen LogP contribution in [0.5, 0.6) is 0 Å². The summed E-state index contributed by atoms with van der Waals surface area (Å²) < 4.78 is 24.7. The first-order chi connectivity index (χ1) is 8.12. The average molecular weight is 272 g/mol. The van der Waals surface area contributed by atoms with Gasteiger partial charge in [0.05, 0.1) is 11.1 Å². The van der Waals surface area contributed by atoms with E-state index in [4.69, 9.17) is 0 Å². The minimum Gasteiger partial charge on any atom is -0.368 e. The molecule has 6 nitrogen and oxygen atoms in total. The molecule has 92 valence electrons. The maximum absolute atomic E-state index is 11.2. The number of hydrogen-bond acceptors (Lipinski definition) is 6. The third-order valence-corrected chi connectivity index (χ3v) is 4.42. The van der Waals surface area contributed by atoms with Gasteiger partial charge in [-0.15, -0.1) is 11.3 Å². The summed E-state index contributed by atoms with van der Waals surface area (Å²) in [5.41, 5.74) is 0. The van der Waals surface area contributed by atoms with Gasteiger partial charge in [-0.1, -0.05) is 0 Å². The Morgan fingerprint density at radius 1 is 1.41 bits per heavy atom. The predicted octanol–water partition coefficient (Wildman–Crippen LogP) is 0.652. The number of nitrogens with one attached hydrogen (secondary N) is 2. The lowest BCUT2D eigenvalue weighted by molar-refractivity contribution is 0.588. The van der Waals surface area contributed by atoms with Crippen molar-refractivity contribution >= 4 is 37.4 Å². The summed E-state index contributed by atoms with van der Waals surface area (Å²) in [6.07, 6.45) is 1.47. The van der Waals surface area contributed by atoms with Gasteiger partial charge in [0.2, 0.25) is 10.0 Å². The second kappa shape index (κ2) is 4.94. The van der Waals surface area contributed by atoms with Crippen molar-refractivity contribution in [3.8, 4) is 0 Å². The molecule has 0 bridgehead atoms. The highest BCUT2D eigenvalue weighted by molar-refractivity contribution is 7.89. The highest BCUT2D eigenvalue weighted by Gasteiger charge is 2.08. The van der Waals surface area contributed by atoms with E-state index in [0.717, 1.165) is 10.2 Å². The highest BCUT2D eigenvalue weighted by Crippen LogP contribution is 2.23. The SMILES string of the molecule is CNS(=O)(=O)CCNc1ncnc2sccc12. The molecule has 0 atom stereocenters. The Morgan fingerprint density at radius 2 is 2.24 bits per heavy atom. The first kappa shape index (κ1) is 12.2. The second-order valence-corrected chi connectivity index (χ2v) is 6.25. The molecule has 0 radical (unpaired) electrons.